The molecule has 1 aliphatic rings. The largest absolute Gasteiger partial charge is 0.309 e. The van der Waals surface area contributed by atoms with Gasteiger partial charge in [0.2, 0.25) is 0 Å². The van der Waals surface area contributed by atoms with Crippen molar-refractivity contribution < 1.29 is 4.39 Å². The molecular formula is C16H26FN3. The molecule has 2 rings (SSSR count). The van der Waals surface area contributed by atoms with Crippen LogP contribution in [0.5, 0.6) is 0 Å². The zero-order valence-electron chi connectivity index (χ0n) is 12.6. The molecule has 2 atom stereocenters. The molecule has 0 aromatic carbocycles. The number of nitrogens with zero attached hydrogens (tertiary/aromatic N) is 2. The Morgan fingerprint density at radius 1 is 1.45 bits per heavy atom. The molecular weight excluding hydrogens is 253 g/mol. The van der Waals surface area contributed by atoms with Crippen molar-refractivity contribution in [1.82, 2.24) is 15.2 Å². The first-order valence-electron chi connectivity index (χ1n) is 7.79. The van der Waals surface area contributed by atoms with Crippen LogP contribution in [0, 0.1) is 5.82 Å². The average molecular weight is 279 g/mol. The van der Waals surface area contributed by atoms with E-state index in [1.165, 1.54) is 38.1 Å². The van der Waals surface area contributed by atoms with Gasteiger partial charge in [-0.3, -0.25) is 4.98 Å². The lowest BCUT2D eigenvalue weighted by Gasteiger charge is -2.34. The highest BCUT2D eigenvalue weighted by Crippen LogP contribution is 2.20. The van der Waals surface area contributed by atoms with E-state index in [2.05, 4.69) is 29.0 Å². The van der Waals surface area contributed by atoms with Crippen molar-refractivity contribution in [2.75, 3.05) is 19.6 Å². The molecule has 1 fully saturated rings. The minimum atomic E-state index is -0.270. The van der Waals surface area contributed by atoms with Crippen LogP contribution in [-0.4, -0.2) is 35.6 Å². The van der Waals surface area contributed by atoms with Gasteiger partial charge in [0, 0.05) is 12.6 Å². The van der Waals surface area contributed by atoms with Gasteiger partial charge in [-0.05, 0) is 51.4 Å². The molecule has 0 saturated carbocycles. The molecule has 20 heavy (non-hydrogen) atoms. The highest BCUT2D eigenvalue weighted by atomic mass is 19.1. The summed E-state index contributed by atoms with van der Waals surface area (Å²) in [5.41, 5.74) is 0.943. The fourth-order valence-corrected chi connectivity index (χ4v) is 2.98. The van der Waals surface area contributed by atoms with E-state index in [0.29, 0.717) is 6.04 Å². The predicted molar refractivity (Wildman–Crippen MR) is 80.1 cm³/mol. The van der Waals surface area contributed by atoms with Crippen LogP contribution in [0.2, 0.25) is 0 Å². The van der Waals surface area contributed by atoms with Crippen molar-refractivity contribution in [3.8, 4) is 0 Å². The Bertz CT molecular complexity index is 393. The maximum atomic E-state index is 13.0. The van der Waals surface area contributed by atoms with Crippen LogP contribution in [0.4, 0.5) is 4.39 Å². The molecule has 0 spiro atoms. The van der Waals surface area contributed by atoms with Gasteiger partial charge in [-0.2, -0.15) is 0 Å². The number of hydrogen-bond acceptors (Lipinski definition) is 3. The second kappa shape index (κ2) is 7.70. The lowest BCUT2D eigenvalue weighted by Crippen LogP contribution is -2.39. The van der Waals surface area contributed by atoms with Crippen LogP contribution in [0.1, 0.15) is 51.3 Å². The molecule has 0 radical (unpaired) electrons. The van der Waals surface area contributed by atoms with E-state index in [-0.39, 0.29) is 11.9 Å². The number of pyridine rings is 1. The summed E-state index contributed by atoms with van der Waals surface area (Å²) >= 11 is 0. The Morgan fingerprint density at radius 3 is 2.95 bits per heavy atom. The Labute approximate surface area is 121 Å². The Morgan fingerprint density at radius 2 is 2.30 bits per heavy atom. The zero-order chi connectivity index (χ0) is 14.4. The standard InChI is InChI=1S/C16H26FN3/c1-3-18-16(15-8-7-14(17)12-19-15)9-11-20-10-5-4-6-13(20)2/h7-8,12-13,16,18H,3-6,9-11H2,1-2H3. The smallest absolute Gasteiger partial charge is 0.141 e. The van der Waals surface area contributed by atoms with Gasteiger partial charge >= 0.3 is 0 Å². The third-order valence-electron chi connectivity index (χ3n) is 4.20. The molecule has 4 heteroatoms. The molecule has 0 aliphatic carbocycles. The van der Waals surface area contributed by atoms with E-state index in [9.17, 15) is 4.39 Å². The summed E-state index contributed by atoms with van der Waals surface area (Å²) in [6.45, 7) is 7.60. The van der Waals surface area contributed by atoms with Crippen LogP contribution in [0.25, 0.3) is 0 Å². The number of rotatable bonds is 6. The first kappa shape index (κ1) is 15.4. The molecule has 112 valence electrons. The molecule has 0 bridgehead atoms. The molecule has 1 saturated heterocycles. The van der Waals surface area contributed by atoms with Crippen molar-refractivity contribution in [2.45, 2.75) is 51.6 Å². The van der Waals surface area contributed by atoms with E-state index < -0.39 is 0 Å². The van der Waals surface area contributed by atoms with Crippen LogP contribution < -0.4 is 5.32 Å². The van der Waals surface area contributed by atoms with Crippen LogP contribution in [0.3, 0.4) is 0 Å². The lowest BCUT2D eigenvalue weighted by molar-refractivity contribution is 0.153. The minimum Gasteiger partial charge on any atom is -0.309 e. The van der Waals surface area contributed by atoms with Crippen LogP contribution in [-0.2, 0) is 0 Å². The van der Waals surface area contributed by atoms with Crippen molar-refractivity contribution >= 4 is 0 Å². The van der Waals surface area contributed by atoms with Gasteiger partial charge in [-0.1, -0.05) is 13.3 Å². The highest BCUT2D eigenvalue weighted by molar-refractivity contribution is 5.10. The maximum absolute atomic E-state index is 13.0. The number of hydrogen-bond donors (Lipinski definition) is 1. The maximum Gasteiger partial charge on any atom is 0.141 e. The highest BCUT2D eigenvalue weighted by Gasteiger charge is 2.20. The Kier molecular flexibility index (Phi) is 5.92. The topological polar surface area (TPSA) is 28.2 Å². The van der Waals surface area contributed by atoms with Crippen LogP contribution >= 0.6 is 0 Å². The van der Waals surface area contributed by atoms with Crippen molar-refractivity contribution in [2.24, 2.45) is 0 Å². The first-order chi connectivity index (χ1) is 9.70. The summed E-state index contributed by atoms with van der Waals surface area (Å²) in [7, 11) is 0. The van der Waals surface area contributed by atoms with Crippen LogP contribution in [0.15, 0.2) is 18.3 Å². The lowest BCUT2D eigenvalue weighted by atomic mass is 10.0. The second-order valence-electron chi connectivity index (χ2n) is 5.68. The number of likely N-dealkylation sites (tertiary alicyclic amines) is 1. The molecule has 1 N–H and O–H groups in total. The third-order valence-corrected chi connectivity index (χ3v) is 4.20. The predicted octanol–water partition coefficient (Wildman–Crippen LogP) is 3.14. The van der Waals surface area contributed by atoms with Gasteiger partial charge in [-0.25, -0.2) is 4.39 Å². The van der Waals surface area contributed by atoms with Gasteiger partial charge in [0.15, 0.2) is 0 Å². The number of nitrogens with one attached hydrogen (secondary N) is 1. The van der Waals surface area contributed by atoms with Crippen molar-refractivity contribution in [3.63, 3.8) is 0 Å². The Balaban J connectivity index is 1.93. The molecule has 0 amide bonds. The van der Waals surface area contributed by atoms with Gasteiger partial charge < -0.3 is 10.2 Å². The Hall–Kier alpha value is -1.00. The van der Waals surface area contributed by atoms with E-state index in [1.807, 2.05) is 0 Å². The summed E-state index contributed by atoms with van der Waals surface area (Å²) in [5, 5.41) is 3.46. The second-order valence-corrected chi connectivity index (χ2v) is 5.68. The number of piperidine rings is 1. The SMILES string of the molecule is CCNC(CCN1CCCCC1C)c1ccc(F)cn1. The average Bonchev–Trinajstić information content (AvgIpc) is 2.46. The third kappa shape index (κ3) is 4.25. The zero-order valence-corrected chi connectivity index (χ0v) is 12.6. The fraction of sp³-hybridized carbons (Fsp3) is 0.688. The summed E-state index contributed by atoms with van der Waals surface area (Å²) in [6.07, 6.45) is 6.31. The quantitative estimate of drug-likeness (QED) is 0.867. The van der Waals surface area contributed by atoms with E-state index in [0.717, 1.165) is 25.2 Å². The fourth-order valence-electron chi connectivity index (χ4n) is 2.98. The van der Waals surface area contributed by atoms with Gasteiger partial charge in [0.25, 0.3) is 0 Å². The van der Waals surface area contributed by atoms with Crippen molar-refractivity contribution in [3.05, 3.63) is 29.8 Å². The van der Waals surface area contributed by atoms with E-state index in [4.69, 9.17) is 0 Å². The van der Waals surface area contributed by atoms with Gasteiger partial charge in [0.05, 0.1) is 17.9 Å². The summed E-state index contributed by atoms with van der Waals surface area (Å²) in [6, 6.07) is 4.19. The van der Waals surface area contributed by atoms with E-state index >= 15 is 0 Å². The molecule has 1 aromatic rings. The molecule has 3 nitrogen and oxygen atoms in total. The van der Waals surface area contributed by atoms with Crippen molar-refractivity contribution in [1.29, 1.82) is 0 Å². The molecule has 1 aliphatic heterocycles. The van der Waals surface area contributed by atoms with Gasteiger partial charge in [-0.15, -0.1) is 0 Å². The molecule has 2 heterocycles. The monoisotopic (exact) mass is 279 g/mol. The minimum absolute atomic E-state index is 0.217. The first-order valence-corrected chi connectivity index (χ1v) is 7.79. The summed E-state index contributed by atoms with van der Waals surface area (Å²) in [4.78, 5) is 6.79. The molecule has 1 aromatic heterocycles. The number of aromatic nitrogens is 1. The normalized spacial score (nSPS) is 21.9. The summed E-state index contributed by atoms with van der Waals surface area (Å²) < 4.78 is 13.0. The van der Waals surface area contributed by atoms with E-state index in [1.54, 1.807) is 6.07 Å². The molecule has 2 unspecified atom stereocenters. The number of halogens is 1. The summed E-state index contributed by atoms with van der Waals surface area (Å²) in [5.74, 6) is -0.270. The van der Waals surface area contributed by atoms with Gasteiger partial charge in [0.1, 0.15) is 5.82 Å².